The van der Waals surface area contributed by atoms with E-state index in [0.717, 1.165) is 32.1 Å². The van der Waals surface area contributed by atoms with Crippen molar-refractivity contribution in [1.82, 2.24) is 0 Å². The highest BCUT2D eigenvalue weighted by atomic mass is 31.0. The zero-order valence-corrected chi connectivity index (χ0v) is 8.38. The first-order valence-corrected chi connectivity index (χ1v) is 5.30. The van der Waals surface area contributed by atoms with Crippen LogP contribution in [0.1, 0.15) is 39.0 Å². The Morgan fingerprint density at radius 3 is 2.82 bits per heavy atom. The molecule has 1 aliphatic rings. The maximum absolute atomic E-state index is 13.2. The Labute approximate surface area is 71.1 Å². The fourth-order valence-electron chi connectivity index (χ4n) is 1.93. The third-order valence-electron chi connectivity index (χ3n) is 2.59. The molecule has 11 heavy (non-hydrogen) atoms. The van der Waals surface area contributed by atoms with E-state index in [9.17, 15) is 4.39 Å². The minimum absolute atomic E-state index is 0.358. The molecule has 1 aliphatic carbocycles. The predicted octanol–water partition coefficient (Wildman–Crippen LogP) is 3.17. The zero-order chi connectivity index (χ0) is 8.27. The Kier molecular flexibility index (Phi) is 3.78. The molecule has 0 amide bonds. The summed E-state index contributed by atoms with van der Waals surface area (Å²) in [5.74, 6) is 0.358. The van der Waals surface area contributed by atoms with E-state index in [2.05, 4.69) is 16.2 Å². The van der Waals surface area contributed by atoms with Crippen LogP contribution in [0, 0.1) is 5.92 Å². The minimum atomic E-state index is -0.508. The monoisotopic (exact) mass is 176 g/mol. The summed E-state index contributed by atoms with van der Waals surface area (Å²) in [4.78, 5) is 0. The first-order chi connectivity index (χ1) is 5.24. The fraction of sp³-hybridized carbons (Fsp3) is 1.00. The van der Waals surface area contributed by atoms with Gasteiger partial charge in [0.05, 0.1) is 0 Å². The van der Waals surface area contributed by atoms with Gasteiger partial charge in [0.1, 0.15) is 6.17 Å². The molecule has 0 aromatic heterocycles. The van der Waals surface area contributed by atoms with Crippen molar-refractivity contribution >= 4 is 9.24 Å². The number of hydrogen-bond donors (Lipinski definition) is 0. The van der Waals surface area contributed by atoms with E-state index >= 15 is 0 Å². The van der Waals surface area contributed by atoms with Gasteiger partial charge in [-0.05, 0) is 37.3 Å². The Balaban J connectivity index is 2.34. The molecule has 0 radical (unpaired) electrons. The molecule has 4 atom stereocenters. The molecule has 0 N–H and O–H groups in total. The maximum atomic E-state index is 13.2. The standard InChI is InChI=1S/C9H18FP/c1-2-3-7-6-8(11)4-5-9(7)10/h7-9H,2-6,11H2,1H3. The molecule has 4 unspecified atom stereocenters. The van der Waals surface area contributed by atoms with Crippen LogP contribution in [-0.2, 0) is 0 Å². The van der Waals surface area contributed by atoms with Gasteiger partial charge in [0.2, 0.25) is 0 Å². The Morgan fingerprint density at radius 1 is 1.45 bits per heavy atom. The third-order valence-corrected chi connectivity index (χ3v) is 3.20. The summed E-state index contributed by atoms with van der Waals surface area (Å²) in [5, 5.41) is 0. The lowest BCUT2D eigenvalue weighted by atomic mass is 9.84. The molecule has 0 nitrogen and oxygen atoms in total. The summed E-state index contributed by atoms with van der Waals surface area (Å²) < 4.78 is 13.2. The number of halogens is 1. The smallest absolute Gasteiger partial charge is 0.103 e. The van der Waals surface area contributed by atoms with Crippen LogP contribution in [0.2, 0.25) is 0 Å². The van der Waals surface area contributed by atoms with Crippen LogP contribution in [0.3, 0.4) is 0 Å². The van der Waals surface area contributed by atoms with E-state index in [1.165, 1.54) is 0 Å². The molecule has 0 spiro atoms. The molecule has 0 aromatic rings. The van der Waals surface area contributed by atoms with E-state index in [1.54, 1.807) is 0 Å². The Hall–Kier alpha value is 0.360. The lowest BCUT2D eigenvalue weighted by Crippen LogP contribution is -2.25. The molecule has 66 valence electrons. The molecule has 2 heteroatoms. The lowest BCUT2D eigenvalue weighted by Gasteiger charge is -2.29. The fourth-order valence-corrected chi connectivity index (χ4v) is 2.47. The molecule has 0 bridgehead atoms. The van der Waals surface area contributed by atoms with Crippen molar-refractivity contribution in [3.63, 3.8) is 0 Å². The number of hydrogen-bond acceptors (Lipinski definition) is 0. The summed E-state index contributed by atoms with van der Waals surface area (Å²) in [6.45, 7) is 2.14. The first kappa shape index (κ1) is 9.45. The Bertz CT molecular complexity index is 116. The SMILES string of the molecule is CCCC1CC(P)CCC1F. The van der Waals surface area contributed by atoms with Gasteiger partial charge >= 0.3 is 0 Å². The molecule has 0 aromatic carbocycles. The van der Waals surface area contributed by atoms with Gasteiger partial charge in [0.15, 0.2) is 0 Å². The topological polar surface area (TPSA) is 0 Å². The predicted molar refractivity (Wildman–Crippen MR) is 50.6 cm³/mol. The third kappa shape index (κ3) is 2.71. The molecule has 1 rings (SSSR count). The van der Waals surface area contributed by atoms with Crippen molar-refractivity contribution in [3.8, 4) is 0 Å². The second-order valence-corrected chi connectivity index (χ2v) is 4.58. The van der Waals surface area contributed by atoms with Crippen LogP contribution in [0.25, 0.3) is 0 Å². The summed E-state index contributed by atoms with van der Waals surface area (Å²) in [5.41, 5.74) is 0.679. The van der Waals surface area contributed by atoms with Crippen molar-refractivity contribution < 1.29 is 4.39 Å². The average Bonchev–Trinajstić information content (AvgIpc) is 1.98. The Morgan fingerprint density at radius 2 is 2.18 bits per heavy atom. The molecule has 0 aliphatic heterocycles. The van der Waals surface area contributed by atoms with Gasteiger partial charge in [0.25, 0.3) is 0 Å². The summed E-state index contributed by atoms with van der Waals surface area (Å²) in [6.07, 6.45) is 4.63. The summed E-state index contributed by atoms with van der Waals surface area (Å²) in [7, 11) is 2.83. The second kappa shape index (κ2) is 4.40. The first-order valence-electron chi connectivity index (χ1n) is 4.63. The van der Waals surface area contributed by atoms with Crippen LogP contribution >= 0.6 is 9.24 Å². The van der Waals surface area contributed by atoms with Gasteiger partial charge < -0.3 is 0 Å². The second-order valence-electron chi connectivity index (χ2n) is 3.64. The number of alkyl halides is 1. The van der Waals surface area contributed by atoms with Gasteiger partial charge in [-0.25, -0.2) is 4.39 Å². The van der Waals surface area contributed by atoms with Gasteiger partial charge in [-0.3, -0.25) is 0 Å². The molecular weight excluding hydrogens is 158 g/mol. The highest BCUT2D eigenvalue weighted by Gasteiger charge is 2.27. The average molecular weight is 176 g/mol. The van der Waals surface area contributed by atoms with Crippen LogP contribution in [0.5, 0.6) is 0 Å². The van der Waals surface area contributed by atoms with Crippen LogP contribution < -0.4 is 0 Å². The molecule has 0 saturated heterocycles. The number of rotatable bonds is 2. The molecule has 1 fully saturated rings. The zero-order valence-electron chi connectivity index (χ0n) is 7.22. The van der Waals surface area contributed by atoms with Gasteiger partial charge in [-0.2, -0.15) is 0 Å². The van der Waals surface area contributed by atoms with Crippen LogP contribution in [0.4, 0.5) is 4.39 Å². The molecule has 1 saturated carbocycles. The highest BCUT2D eigenvalue weighted by Crippen LogP contribution is 2.33. The molecule has 0 heterocycles. The normalized spacial score (nSPS) is 39.0. The van der Waals surface area contributed by atoms with Crippen LogP contribution in [0.15, 0.2) is 0 Å². The lowest BCUT2D eigenvalue weighted by molar-refractivity contribution is 0.160. The van der Waals surface area contributed by atoms with E-state index in [-0.39, 0.29) is 0 Å². The van der Waals surface area contributed by atoms with Crippen LogP contribution in [-0.4, -0.2) is 11.8 Å². The van der Waals surface area contributed by atoms with Gasteiger partial charge in [0, 0.05) is 0 Å². The van der Waals surface area contributed by atoms with Crippen molar-refractivity contribution in [2.24, 2.45) is 5.92 Å². The quantitative estimate of drug-likeness (QED) is 0.567. The van der Waals surface area contributed by atoms with E-state index in [4.69, 9.17) is 0 Å². The van der Waals surface area contributed by atoms with Gasteiger partial charge in [-0.1, -0.05) is 13.3 Å². The maximum Gasteiger partial charge on any atom is 0.103 e. The van der Waals surface area contributed by atoms with Crippen molar-refractivity contribution in [1.29, 1.82) is 0 Å². The van der Waals surface area contributed by atoms with Crippen molar-refractivity contribution in [3.05, 3.63) is 0 Å². The van der Waals surface area contributed by atoms with Crippen molar-refractivity contribution in [2.45, 2.75) is 50.9 Å². The van der Waals surface area contributed by atoms with E-state index < -0.39 is 6.17 Å². The van der Waals surface area contributed by atoms with E-state index in [1.807, 2.05) is 0 Å². The molecular formula is C9H18FP. The van der Waals surface area contributed by atoms with Gasteiger partial charge in [-0.15, -0.1) is 9.24 Å². The largest absolute Gasteiger partial charge is 0.247 e. The van der Waals surface area contributed by atoms with Crippen molar-refractivity contribution in [2.75, 3.05) is 0 Å². The summed E-state index contributed by atoms with van der Waals surface area (Å²) in [6, 6.07) is 0. The van der Waals surface area contributed by atoms with E-state index in [0.29, 0.717) is 11.6 Å². The summed E-state index contributed by atoms with van der Waals surface area (Å²) >= 11 is 0. The minimum Gasteiger partial charge on any atom is -0.247 e. The highest BCUT2D eigenvalue weighted by molar-refractivity contribution is 7.17.